The maximum absolute atomic E-state index is 12.6. The van der Waals surface area contributed by atoms with E-state index in [9.17, 15) is 9.59 Å². The van der Waals surface area contributed by atoms with Crippen LogP contribution in [-0.4, -0.2) is 45.2 Å². The monoisotopic (exact) mass is 359 g/mol. The number of hydrogen-bond acceptors (Lipinski definition) is 4. The van der Waals surface area contributed by atoms with Crippen molar-refractivity contribution in [1.29, 1.82) is 0 Å². The molecule has 1 saturated carbocycles. The van der Waals surface area contributed by atoms with Gasteiger partial charge in [-0.05, 0) is 43.9 Å². The number of amides is 2. The number of methoxy groups -OCH3 is 1. The van der Waals surface area contributed by atoms with Crippen molar-refractivity contribution in [3.63, 3.8) is 0 Å². The Kier molecular flexibility index (Phi) is 6.50. The molecule has 0 radical (unpaired) electrons. The minimum atomic E-state index is -0.0960. The first-order valence-corrected chi connectivity index (χ1v) is 9.66. The van der Waals surface area contributed by atoms with Crippen LogP contribution in [-0.2, 0) is 9.53 Å². The molecular formula is C20H29N3O3. The van der Waals surface area contributed by atoms with Crippen molar-refractivity contribution >= 4 is 23.2 Å². The molecule has 1 saturated heterocycles. The van der Waals surface area contributed by atoms with E-state index in [-0.39, 0.29) is 17.7 Å². The predicted molar refractivity (Wildman–Crippen MR) is 103 cm³/mol. The second-order valence-corrected chi connectivity index (χ2v) is 7.15. The zero-order chi connectivity index (χ0) is 18.4. The highest BCUT2D eigenvalue weighted by Gasteiger charge is 2.30. The summed E-state index contributed by atoms with van der Waals surface area (Å²) >= 11 is 0. The smallest absolute Gasteiger partial charge is 0.253 e. The molecule has 2 amide bonds. The Bertz CT molecular complexity index is 635. The molecule has 1 aromatic rings. The third-order valence-corrected chi connectivity index (χ3v) is 5.00. The summed E-state index contributed by atoms with van der Waals surface area (Å²) in [6, 6.07) is 5.61. The van der Waals surface area contributed by atoms with Crippen molar-refractivity contribution in [3.05, 3.63) is 23.8 Å². The van der Waals surface area contributed by atoms with E-state index in [0.717, 1.165) is 50.1 Å². The Labute approximate surface area is 155 Å². The van der Waals surface area contributed by atoms with Crippen LogP contribution in [0.5, 0.6) is 0 Å². The van der Waals surface area contributed by atoms with E-state index in [1.807, 2.05) is 18.2 Å². The Morgan fingerprint density at radius 2 is 1.88 bits per heavy atom. The van der Waals surface area contributed by atoms with Crippen LogP contribution in [0.1, 0.15) is 48.9 Å². The minimum Gasteiger partial charge on any atom is -0.383 e. The Balaban J connectivity index is 1.81. The van der Waals surface area contributed by atoms with Crippen LogP contribution in [0.25, 0.3) is 0 Å². The van der Waals surface area contributed by atoms with Gasteiger partial charge in [0, 0.05) is 38.3 Å². The Morgan fingerprint density at radius 3 is 2.54 bits per heavy atom. The number of ether oxygens (including phenoxy) is 1. The molecule has 2 N–H and O–H groups in total. The third kappa shape index (κ3) is 4.97. The van der Waals surface area contributed by atoms with Crippen molar-refractivity contribution in [1.82, 2.24) is 5.32 Å². The fourth-order valence-electron chi connectivity index (χ4n) is 3.33. The van der Waals surface area contributed by atoms with E-state index < -0.39 is 0 Å². The van der Waals surface area contributed by atoms with E-state index >= 15 is 0 Å². The molecule has 0 aromatic heterocycles. The standard InChI is InChI=1S/C20H29N3O3/c1-26-13-10-21-20(25)17-9-8-16(22-19(24)15-6-7-15)14-18(17)23-11-4-2-3-5-12-23/h8-9,14-15H,2-7,10-13H2,1H3,(H,21,25)(H,22,24). The fraction of sp³-hybridized carbons (Fsp3) is 0.600. The largest absolute Gasteiger partial charge is 0.383 e. The number of nitrogens with one attached hydrogen (secondary N) is 2. The van der Waals surface area contributed by atoms with Gasteiger partial charge in [-0.25, -0.2) is 0 Å². The first kappa shape index (κ1) is 18.7. The molecule has 2 aliphatic rings. The van der Waals surface area contributed by atoms with Gasteiger partial charge in [0.15, 0.2) is 0 Å². The lowest BCUT2D eigenvalue weighted by Gasteiger charge is -2.26. The first-order chi connectivity index (χ1) is 12.7. The summed E-state index contributed by atoms with van der Waals surface area (Å²) in [5, 5.41) is 5.91. The van der Waals surface area contributed by atoms with Crippen molar-refractivity contribution in [2.45, 2.75) is 38.5 Å². The van der Waals surface area contributed by atoms with Crippen LogP contribution in [0.4, 0.5) is 11.4 Å². The van der Waals surface area contributed by atoms with Gasteiger partial charge < -0.3 is 20.3 Å². The number of carbonyl (C=O) groups excluding carboxylic acids is 2. The fourth-order valence-corrected chi connectivity index (χ4v) is 3.33. The molecule has 3 rings (SSSR count). The van der Waals surface area contributed by atoms with E-state index in [1.54, 1.807) is 7.11 Å². The molecule has 26 heavy (non-hydrogen) atoms. The average molecular weight is 359 g/mol. The van der Waals surface area contributed by atoms with Gasteiger partial charge in [-0.3, -0.25) is 9.59 Å². The molecule has 6 heteroatoms. The van der Waals surface area contributed by atoms with Crippen LogP contribution >= 0.6 is 0 Å². The molecule has 1 aromatic carbocycles. The van der Waals surface area contributed by atoms with Crippen molar-refractivity contribution in [2.75, 3.05) is 43.6 Å². The Morgan fingerprint density at radius 1 is 1.15 bits per heavy atom. The molecule has 1 aliphatic carbocycles. The predicted octanol–water partition coefficient (Wildman–Crippen LogP) is 2.79. The highest BCUT2D eigenvalue weighted by atomic mass is 16.5. The van der Waals surface area contributed by atoms with Crippen molar-refractivity contribution < 1.29 is 14.3 Å². The first-order valence-electron chi connectivity index (χ1n) is 9.66. The zero-order valence-corrected chi connectivity index (χ0v) is 15.6. The molecule has 0 unspecified atom stereocenters. The SMILES string of the molecule is COCCNC(=O)c1ccc(NC(=O)C2CC2)cc1N1CCCCCC1. The van der Waals surface area contributed by atoms with Gasteiger partial charge in [-0.2, -0.15) is 0 Å². The molecule has 0 spiro atoms. The maximum atomic E-state index is 12.6. The summed E-state index contributed by atoms with van der Waals surface area (Å²) in [4.78, 5) is 27.0. The van der Waals surface area contributed by atoms with Gasteiger partial charge in [-0.15, -0.1) is 0 Å². The van der Waals surface area contributed by atoms with Crippen LogP contribution in [0, 0.1) is 5.92 Å². The summed E-state index contributed by atoms with van der Waals surface area (Å²) in [5.41, 5.74) is 2.34. The number of hydrogen-bond donors (Lipinski definition) is 2. The summed E-state index contributed by atoms with van der Waals surface area (Å²) in [7, 11) is 1.62. The minimum absolute atomic E-state index is 0.0871. The Hall–Kier alpha value is -2.08. The van der Waals surface area contributed by atoms with Crippen molar-refractivity contribution in [3.8, 4) is 0 Å². The molecule has 2 fully saturated rings. The third-order valence-electron chi connectivity index (χ3n) is 5.00. The van der Waals surface area contributed by atoms with Crippen molar-refractivity contribution in [2.24, 2.45) is 5.92 Å². The molecule has 0 bridgehead atoms. The lowest BCUT2D eigenvalue weighted by molar-refractivity contribution is -0.117. The van der Waals surface area contributed by atoms with Gasteiger partial charge in [0.1, 0.15) is 0 Å². The topological polar surface area (TPSA) is 70.7 Å². The molecule has 1 heterocycles. The van der Waals surface area contributed by atoms with Gasteiger partial charge >= 0.3 is 0 Å². The van der Waals surface area contributed by atoms with Gasteiger partial charge in [0.25, 0.3) is 5.91 Å². The summed E-state index contributed by atoms with van der Waals surface area (Å²) in [6.07, 6.45) is 6.66. The zero-order valence-electron chi connectivity index (χ0n) is 15.6. The molecule has 0 atom stereocenters. The van der Waals surface area contributed by atoms with Crippen LogP contribution < -0.4 is 15.5 Å². The highest BCUT2D eigenvalue weighted by molar-refractivity contribution is 6.02. The molecular weight excluding hydrogens is 330 g/mol. The van der Waals surface area contributed by atoms with E-state index in [0.29, 0.717) is 18.7 Å². The normalized spacial score (nSPS) is 17.5. The molecule has 1 aliphatic heterocycles. The lowest BCUT2D eigenvalue weighted by atomic mass is 10.1. The van der Waals surface area contributed by atoms with Crippen LogP contribution in [0.2, 0.25) is 0 Å². The summed E-state index contributed by atoms with van der Waals surface area (Å²) < 4.78 is 5.01. The quantitative estimate of drug-likeness (QED) is 0.735. The summed E-state index contributed by atoms with van der Waals surface area (Å²) in [6.45, 7) is 2.85. The molecule has 6 nitrogen and oxygen atoms in total. The number of benzene rings is 1. The number of anilines is 2. The second kappa shape index (κ2) is 9.03. The van der Waals surface area contributed by atoms with Gasteiger partial charge in [0.05, 0.1) is 17.9 Å². The van der Waals surface area contributed by atoms with Crippen LogP contribution in [0.3, 0.4) is 0 Å². The number of rotatable bonds is 7. The van der Waals surface area contributed by atoms with Gasteiger partial charge in [0.2, 0.25) is 5.91 Å². The summed E-state index contributed by atoms with van der Waals surface area (Å²) in [5.74, 6) is 0.152. The van der Waals surface area contributed by atoms with E-state index in [1.165, 1.54) is 12.8 Å². The maximum Gasteiger partial charge on any atom is 0.253 e. The number of carbonyl (C=O) groups is 2. The average Bonchev–Trinajstić information content (AvgIpc) is 3.48. The number of nitrogens with zero attached hydrogens (tertiary/aromatic N) is 1. The lowest BCUT2D eigenvalue weighted by Crippen LogP contribution is -2.31. The van der Waals surface area contributed by atoms with Gasteiger partial charge in [-0.1, -0.05) is 12.8 Å². The van der Waals surface area contributed by atoms with Crippen LogP contribution in [0.15, 0.2) is 18.2 Å². The van der Waals surface area contributed by atoms with E-state index in [2.05, 4.69) is 15.5 Å². The second-order valence-electron chi connectivity index (χ2n) is 7.15. The highest BCUT2D eigenvalue weighted by Crippen LogP contribution is 2.32. The molecule has 142 valence electrons. The van der Waals surface area contributed by atoms with E-state index in [4.69, 9.17) is 4.74 Å².